The second kappa shape index (κ2) is 1.62. The van der Waals surface area contributed by atoms with E-state index in [4.69, 9.17) is 0 Å². The average Bonchev–Trinajstić information content (AvgIpc) is 2.29. The Bertz CT molecular complexity index is 174. The molecule has 0 radical (unpaired) electrons. The molecule has 4 rings (SSSR count). The summed E-state index contributed by atoms with van der Waals surface area (Å²) in [5, 5.41) is 3.54. The summed E-state index contributed by atoms with van der Waals surface area (Å²) >= 11 is 0. The van der Waals surface area contributed by atoms with Gasteiger partial charge in [-0.25, -0.2) is 0 Å². The molecule has 4 unspecified atom stereocenters. The fraction of sp³-hybridized carbons (Fsp3) is 0.875. The number of rotatable bonds is 0. The van der Waals surface area contributed by atoms with Crippen LogP contribution in [0.25, 0.3) is 0 Å². The van der Waals surface area contributed by atoms with Gasteiger partial charge in [0.25, 0.3) is 0 Å². The van der Waals surface area contributed by atoms with Crippen LogP contribution in [0.2, 0.25) is 0 Å². The molecule has 0 aromatic heterocycles. The van der Waals surface area contributed by atoms with Crippen LogP contribution < -0.4 is 5.32 Å². The fourth-order valence-electron chi connectivity index (χ4n) is 2.70. The van der Waals surface area contributed by atoms with E-state index in [1.54, 1.807) is 0 Å². The van der Waals surface area contributed by atoms with Crippen molar-refractivity contribution in [1.82, 2.24) is 5.32 Å². The highest BCUT2D eigenvalue weighted by molar-refractivity contribution is 5.64. The van der Waals surface area contributed by atoms with E-state index in [0.29, 0.717) is 6.04 Å². The summed E-state index contributed by atoms with van der Waals surface area (Å²) in [6.45, 7) is 1.23. The number of nitrogens with zero attached hydrogens (tertiary/aromatic N) is 1. The third-order valence-corrected chi connectivity index (χ3v) is 3.17. The second-order valence-corrected chi connectivity index (χ2v) is 3.80. The van der Waals surface area contributed by atoms with Crippen molar-refractivity contribution in [2.24, 2.45) is 16.8 Å². The highest BCUT2D eigenvalue weighted by Crippen LogP contribution is 2.38. The lowest BCUT2D eigenvalue weighted by Crippen LogP contribution is -2.41. The van der Waals surface area contributed by atoms with Gasteiger partial charge < -0.3 is 5.32 Å². The van der Waals surface area contributed by atoms with Gasteiger partial charge in [0.05, 0.1) is 6.04 Å². The van der Waals surface area contributed by atoms with Gasteiger partial charge in [-0.15, -0.1) is 0 Å². The maximum absolute atomic E-state index is 4.53. The van der Waals surface area contributed by atoms with Crippen molar-refractivity contribution in [3.05, 3.63) is 0 Å². The highest BCUT2D eigenvalue weighted by Gasteiger charge is 2.44. The van der Waals surface area contributed by atoms with E-state index in [2.05, 4.69) is 16.5 Å². The Morgan fingerprint density at radius 3 is 3.10 bits per heavy atom. The molecule has 10 heavy (non-hydrogen) atoms. The van der Waals surface area contributed by atoms with Gasteiger partial charge in [-0.1, -0.05) is 0 Å². The maximum Gasteiger partial charge on any atom is 0.0689 e. The summed E-state index contributed by atoms with van der Waals surface area (Å²) in [5.74, 6) is 1.70. The van der Waals surface area contributed by atoms with Gasteiger partial charge >= 0.3 is 0 Å². The van der Waals surface area contributed by atoms with E-state index in [-0.39, 0.29) is 0 Å². The zero-order valence-electron chi connectivity index (χ0n) is 5.96. The van der Waals surface area contributed by atoms with Gasteiger partial charge in [-0.3, -0.25) is 4.99 Å². The predicted molar refractivity (Wildman–Crippen MR) is 40.3 cm³/mol. The minimum atomic E-state index is 0.657. The minimum Gasteiger partial charge on any atom is -0.311 e. The number of nitrogens with one attached hydrogen (secondary N) is 1. The minimum absolute atomic E-state index is 0.657. The molecule has 4 atom stereocenters. The summed E-state index contributed by atoms with van der Waals surface area (Å²) in [4.78, 5) is 4.53. The van der Waals surface area contributed by atoms with E-state index in [1.165, 1.54) is 19.4 Å². The average molecular weight is 136 g/mol. The van der Waals surface area contributed by atoms with Crippen molar-refractivity contribution < 1.29 is 0 Å². The van der Waals surface area contributed by atoms with Crippen LogP contribution in [0.15, 0.2) is 4.99 Å². The van der Waals surface area contributed by atoms with Crippen LogP contribution in [0.4, 0.5) is 0 Å². The first kappa shape index (κ1) is 5.30. The summed E-state index contributed by atoms with van der Waals surface area (Å²) in [6, 6.07) is 1.40. The summed E-state index contributed by atoms with van der Waals surface area (Å²) < 4.78 is 0. The van der Waals surface area contributed by atoms with Crippen molar-refractivity contribution in [2.75, 3.05) is 6.54 Å². The second-order valence-electron chi connectivity index (χ2n) is 3.80. The molecule has 4 bridgehead atoms. The zero-order chi connectivity index (χ0) is 6.55. The van der Waals surface area contributed by atoms with Crippen molar-refractivity contribution in [2.45, 2.75) is 24.9 Å². The van der Waals surface area contributed by atoms with Gasteiger partial charge in [0.1, 0.15) is 0 Å². The largest absolute Gasteiger partial charge is 0.311 e. The lowest BCUT2D eigenvalue weighted by atomic mass is 9.76. The predicted octanol–water partition coefficient (Wildman–Crippen LogP) is 0.437. The lowest BCUT2D eigenvalue weighted by Gasteiger charge is -2.35. The molecule has 4 aliphatic rings. The van der Waals surface area contributed by atoms with Crippen molar-refractivity contribution >= 4 is 6.21 Å². The Morgan fingerprint density at radius 2 is 2.40 bits per heavy atom. The fourth-order valence-corrected chi connectivity index (χ4v) is 2.70. The molecule has 0 amide bonds. The smallest absolute Gasteiger partial charge is 0.0689 e. The molecular formula is C8H12N2. The van der Waals surface area contributed by atoms with E-state index < -0.39 is 0 Å². The van der Waals surface area contributed by atoms with Crippen LogP contribution >= 0.6 is 0 Å². The number of aliphatic imine (C=N–C) groups is 1. The SMILES string of the molecule is C1=NC2C3CNC2CC1C3. The van der Waals surface area contributed by atoms with Gasteiger partial charge in [-0.05, 0) is 24.7 Å². The van der Waals surface area contributed by atoms with Crippen molar-refractivity contribution in [1.29, 1.82) is 0 Å². The summed E-state index contributed by atoms with van der Waals surface area (Å²) in [6.07, 6.45) is 4.94. The topological polar surface area (TPSA) is 24.4 Å². The molecule has 0 aromatic rings. The highest BCUT2D eigenvalue weighted by atomic mass is 15.1. The monoisotopic (exact) mass is 136 g/mol. The third-order valence-electron chi connectivity index (χ3n) is 3.17. The van der Waals surface area contributed by atoms with Crippen LogP contribution in [0.5, 0.6) is 0 Å². The van der Waals surface area contributed by atoms with Gasteiger partial charge in [0.2, 0.25) is 0 Å². The molecule has 2 heteroatoms. The normalized spacial score (nSPS) is 56.0. The first-order valence-corrected chi connectivity index (χ1v) is 4.20. The zero-order valence-corrected chi connectivity index (χ0v) is 5.96. The van der Waals surface area contributed by atoms with Crippen LogP contribution in [0.3, 0.4) is 0 Å². The Labute approximate surface area is 60.7 Å². The molecule has 1 N–H and O–H groups in total. The Hall–Kier alpha value is -0.370. The van der Waals surface area contributed by atoms with Crippen LogP contribution in [0.1, 0.15) is 12.8 Å². The summed E-state index contributed by atoms with van der Waals surface area (Å²) in [7, 11) is 0. The Balaban J connectivity index is 2.05. The molecule has 1 aliphatic carbocycles. The summed E-state index contributed by atoms with van der Waals surface area (Å²) in [5.41, 5.74) is 0. The molecule has 3 aliphatic heterocycles. The van der Waals surface area contributed by atoms with Crippen LogP contribution in [0, 0.1) is 11.8 Å². The molecule has 0 aromatic carbocycles. The van der Waals surface area contributed by atoms with E-state index >= 15 is 0 Å². The Morgan fingerprint density at radius 1 is 1.40 bits per heavy atom. The lowest BCUT2D eigenvalue weighted by molar-refractivity contribution is 0.295. The molecule has 1 saturated carbocycles. The van der Waals surface area contributed by atoms with E-state index in [1.807, 2.05) is 0 Å². The van der Waals surface area contributed by atoms with E-state index in [0.717, 1.165) is 17.9 Å². The molecule has 2 fully saturated rings. The molecule has 2 nitrogen and oxygen atoms in total. The van der Waals surface area contributed by atoms with Gasteiger partial charge in [0.15, 0.2) is 0 Å². The maximum atomic E-state index is 4.53. The van der Waals surface area contributed by atoms with Crippen LogP contribution in [-0.4, -0.2) is 24.8 Å². The number of hydrogen-bond donors (Lipinski definition) is 1. The molecule has 3 heterocycles. The molecule has 54 valence electrons. The van der Waals surface area contributed by atoms with E-state index in [9.17, 15) is 0 Å². The van der Waals surface area contributed by atoms with Crippen molar-refractivity contribution in [3.8, 4) is 0 Å². The molecular weight excluding hydrogens is 124 g/mol. The first-order chi connectivity index (χ1) is 4.93. The Kier molecular flexibility index (Phi) is 0.857. The standard InChI is InChI=1S/C8H12N2/c1-5-2-7-8(10-3-5)6(1)4-9-7/h3,5-9H,1-2,4H2. The molecule has 0 spiro atoms. The number of hydrogen-bond acceptors (Lipinski definition) is 2. The van der Waals surface area contributed by atoms with Crippen LogP contribution in [-0.2, 0) is 0 Å². The van der Waals surface area contributed by atoms with Crippen molar-refractivity contribution in [3.63, 3.8) is 0 Å². The first-order valence-electron chi connectivity index (χ1n) is 4.20. The van der Waals surface area contributed by atoms with Gasteiger partial charge in [-0.2, -0.15) is 0 Å². The van der Waals surface area contributed by atoms with Gasteiger partial charge in [0, 0.05) is 18.8 Å². The third kappa shape index (κ3) is 0.511. The molecule has 1 saturated heterocycles. The quantitative estimate of drug-likeness (QED) is 0.513.